The van der Waals surface area contributed by atoms with Crippen molar-refractivity contribution in [1.29, 1.82) is 0 Å². The van der Waals surface area contributed by atoms with Crippen molar-refractivity contribution in [2.75, 3.05) is 19.7 Å². The summed E-state index contributed by atoms with van der Waals surface area (Å²) in [6.45, 7) is 3.33. The van der Waals surface area contributed by atoms with E-state index in [-0.39, 0.29) is 24.8 Å². The summed E-state index contributed by atoms with van der Waals surface area (Å²) < 4.78 is 18.4. The number of benzene rings is 1. The molecule has 0 aliphatic carbocycles. The van der Waals surface area contributed by atoms with E-state index in [1.807, 2.05) is 0 Å². The number of nitrogens with zero attached hydrogens (tertiary/aromatic N) is 2. The standard InChI is InChI=1S/C19H21FN2O3S/c1-13-4-3-7-22(10-13)17(23)11-25-18(24)9-16-12-26-19(21-16)14-5-2-6-15(20)8-14/h2,5-6,8,12-13H,3-4,7,9-11H2,1H3/t13-/m1/s1. The molecule has 0 radical (unpaired) electrons. The topological polar surface area (TPSA) is 59.5 Å². The minimum absolute atomic E-state index is 0.00447. The molecule has 1 atom stereocenters. The second kappa shape index (κ2) is 8.40. The highest BCUT2D eigenvalue weighted by atomic mass is 32.1. The van der Waals surface area contributed by atoms with E-state index >= 15 is 0 Å². The number of carbonyl (C=O) groups excluding carboxylic acids is 2. The van der Waals surface area contributed by atoms with Gasteiger partial charge in [-0.25, -0.2) is 9.37 Å². The van der Waals surface area contributed by atoms with Gasteiger partial charge in [0.15, 0.2) is 6.61 Å². The number of piperidine rings is 1. The predicted molar refractivity (Wildman–Crippen MR) is 97.1 cm³/mol. The smallest absolute Gasteiger partial charge is 0.312 e. The fraction of sp³-hybridized carbons (Fsp3) is 0.421. The highest BCUT2D eigenvalue weighted by Gasteiger charge is 2.22. The molecular formula is C19H21FN2O3S. The normalized spacial score (nSPS) is 17.2. The highest BCUT2D eigenvalue weighted by molar-refractivity contribution is 7.13. The Bertz CT molecular complexity index is 793. The zero-order valence-corrected chi connectivity index (χ0v) is 15.4. The van der Waals surface area contributed by atoms with Crippen LogP contribution in [0, 0.1) is 11.7 Å². The molecule has 0 bridgehead atoms. The zero-order valence-electron chi connectivity index (χ0n) is 14.6. The van der Waals surface area contributed by atoms with Crippen LogP contribution in [0.4, 0.5) is 4.39 Å². The van der Waals surface area contributed by atoms with Gasteiger partial charge in [0, 0.05) is 24.0 Å². The van der Waals surface area contributed by atoms with Gasteiger partial charge in [-0.15, -0.1) is 11.3 Å². The first-order chi connectivity index (χ1) is 12.5. The minimum atomic E-state index is -0.487. The second-order valence-electron chi connectivity index (χ2n) is 6.58. The number of likely N-dealkylation sites (tertiary alicyclic amines) is 1. The molecule has 0 saturated carbocycles. The minimum Gasteiger partial charge on any atom is -0.455 e. The molecule has 0 unspecified atom stereocenters. The third-order valence-corrected chi connectivity index (χ3v) is 5.26. The van der Waals surface area contributed by atoms with E-state index in [9.17, 15) is 14.0 Å². The van der Waals surface area contributed by atoms with E-state index in [1.165, 1.54) is 23.5 Å². The van der Waals surface area contributed by atoms with Gasteiger partial charge in [0.05, 0.1) is 12.1 Å². The van der Waals surface area contributed by atoms with Crippen LogP contribution in [0.3, 0.4) is 0 Å². The molecule has 1 aliphatic rings. The number of ether oxygens (including phenoxy) is 1. The number of amides is 1. The number of halogens is 1. The van der Waals surface area contributed by atoms with Gasteiger partial charge < -0.3 is 9.64 Å². The third-order valence-electron chi connectivity index (χ3n) is 4.32. The maximum absolute atomic E-state index is 13.3. The molecule has 1 aromatic heterocycles. The average molecular weight is 376 g/mol. The van der Waals surface area contributed by atoms with Crippen LogP contribution in [0.5, 0.6) is 0 Å². The van der Waals surface area contributed by atoms with Crippen LogP contribution in [-0.2, 0) is 20.7 Å². The molecule has 1 fully saturated rings. The number of rotatable bonds is 5. The fourth-order valence-electron chi connectivity index (χ4n) is 2.99. The first-order valence-corrected chi connectivity index (χ1v) is 9.53. The highest BCUT2D eigenvalue weighted by Crippen LogP contribution is 2.24. The van der Waals surface area contributed by atoms with Gasteiger partial charge in [0.25, 0.3) is 5.91 Å². The van der Waals surface area contributed by atoms with Gasteiger partial charge in [0.1, 0.15) is 10.8 Å². The van der Waals surface area contributed by atoms with Crippen LogP contribution in [0.2, 0.25) is 0 Å². The van der Waals surface area contributed by atoms with Gasteiger partial charge in [-0.1, -0.05) is 19.1 Å². The van der Waals surface area contributed by atoms with Crippen molar-refractivity contribution in [1.82, 2.24) is 9.88 Å². The number of hydrogen-bond donors (Lipinski definition) is 0. The number of carbonyl (C=O) groups is 2. The Morgan fingerprint density at radius 2 is 2.27 bits per heavy atom. The third kappa shape index (κ3) is 4.88. The molecule has 5 nitrogen and oxygen atoms in total. The van der Waals surface area contributed by atoms with Crippen molar-refractivity contribution < 1.29 is 18.7 Å². The lowest BCUT2D eigenvalue weighted by Gasteiger charge is -2.30. The summed E-state index contributed by atoms with van der Waals surface area (Å²) in [4.78, 5) is 30.2. The predicted octanol–water partition coefficient (Wildman–Crippen LogP) is 3.29. The number of aromatic nitrogens is 1. The average Bonchev–Trinajstić information content (AvgIpc) is 3.08. The van der Waals surface area contributed by atoms with Crippen LogP contribution in [0.1, 0.15) is 25.5 Å². The molecule has 0 N–H and O–H groups in total. The lowest BCUT2D eigenvalue weighted by atomic mass is 10.0. The van der Waals surface area contributed by atoms with E-state index in [0.717, 1.165) is 25.9 Å². The Hall–Kier alpha value is -2.28. The Morgan fingerprint density at radius 1 is 1.42 bits per heavy atom. The van der Waals surface area contributed by atoms with Gasteiger partial charge in [-0.2, -0.15) is 0 Å². The summed E-state index contributed by atoms with van der Waals surface area (Å²) in [5.41, 5.74) is 1.22. The summed E-state index contributed by atoms with van der Waals surface area (Å²) in [6.07, 6.45) is 2.11. The number of hydrogen-bond acceptors (Lipinski definition) is 5. The Labute approximate surface area is 155 Å². The van der Waals surface area contributed by atoms with Crippen LogP contribution in [0.15, 0.2) is 29.6 Å². The van der Waals surface area contributed by atoms with Gasteiger partial charge in [-0.3, -0.25) is 9.59 Å². The van der Waals surface area contributed by atoms with E-state index in [2.05, 4.69) is 11.9 Å². The molecule has 0 spiro atoms. The SMILES string of the molecule is C[C@@H]1CCCN(C(=O)COC(=O)Cc2csc(-c3cccc(F)c3)n2)C1. The molecule has 1 aliphatic heterocycles. The van der Waals surface area contributed by atoms with Crippen molar-refractivity contribution in [2.24, 2.45) is 5.92 Å². The molecule has 7 heteroatoms. The largest absolute Gasteiger partial charge is 0.455 e. The van der Waals surface area contributed by atoms with Gasteiger partial charge >= 0.3 is 5.97 Å². The first-order valence-electron chi connectivity index (χ1n) is 8.65. The van der Waals surface area contributed by atoms with E-state index in [0.29, 0.717) is 22.2 Å². The number of thiazole rings is 1. The molecule has 1 amide bonds. The molecule has 2 aromatic rings. The lowest BCUT2D eigenvalue weighted by Crippen LogP contribution is -2.41. The maximum atomic E-state index is 13.3. The van der Waals surface area contributed by atoms with Crippen molar-refractivity contribution in [3.05, 3.63) is 41.2 Å². The summed E-state index contributed by atoms with van der Waals surface area (Å²) >= 11 is 1.34. The van der Waals surface area contributed by atoms with E-state index < -0.39 is 5.97 Å². The van der Waals surface area contributed by atoms with Crippen molar-refractivity contribution >= 4 is 23.2 Å². The van der Waals surface area contributed by atoms with Crippen LogP contribution in [-0.4, -0.2) is 41.5 Å². The summed E-state index contributed by atoms with van der Waals surface area (Å²) in [7, 11) is 0. The molecular weight excluding hydrogens is 355 g/mol. The molecule has 138 valence electrons. The maximum Gasteiger partial charge on any atom is 0.312 e. The molecule has 1 aromatic carbocycles. The molecule has 2 heterocycles. The Morgan fingerprint density at radius 3 is 3.04 bits per heavy atom. The summed E-state index contributed by atoms with van der Waals surface area (Å²) in [6, 6.07) is 6.16. The van der Waals surface area contributed by atoms with Crippen LogP contribution in [0.25, 0.3) is 10.6 Å². The van der Waals surface area contributed by atoms with Crippen molar-refractivity contribution in [2.45, 2.75) is 26.2 Å². The van der Waals surface area contributed by atoms with Crippen molar-refractivity contribution in [3.63, 3.8) is 0 Å². The Balaban J connectivity index is 1.50. The monoisotopic (exact) mass is 376 g/mol. The second-order valence-corrected chi connectivity index (χ2v) is 7.44. The van der Waals surface area contributed by atoms with Crippen molar-refractivity contribution in [3.8, 4) is 10.6 Å². The summed E-state index contributed by atoms with van der Waals surface area (Å²) in [5, 5.41) is 2.39. The van der Waals surface area contributed by atoms with E-state index in [1.54, 1.807) is 22.4 Å². The fourth-order valence-corrected chi connectivity index (χ4v) is 3.81. The van der Waals surface area contributed by atoms with E-state index in [4.69, 9.17) is 4.74 Å². The lowest BCUT2D eigenvalue weighted by molar-refractivity contribution is -0.152. The molecule has 3 rings (SSSR count). The molecule has 26 heavy (non-hydrogen) atoms. The van der Waals surface area contributed by atoms with Gasteiger partial charge in [-0.05, 0) is 30.9 Å². The van der Waals surface area contributed by atoms with Crippen LogP contribution < -0.4 is 0 Å². The quantitative estimate of drug-likeness (QED) is 0.752. The summed E-state index contributed by atoms with van der Waals surface area (Å²) in [5.74, 6) is -0.480. The van der Waals surface area contributed by atoms with Gasteiger partial charge in [0.2, 0.25) is 0 Å². The number of esters is 1. The first kappa shape index (κ1) is 18.5. The molecule has 1 saturated heterocycles. The zero-order chi connectivity index (χ0) is 18.5. The van der Waals surface area contributed by atoms with Crippen LogP contribution >= 0.6 is 11.3 Å². The Kier molecular flexibility index (Phi) is 5.98.